The van der Waals surface area contributed by atoms with Crippen molar-refractivity contribution in [1.82, 2.24) is 4.98 Å². The van der Waals surface area contributed by atoms with E-state index in [1.54, 1.807) is 12.1 Å². The zero-order valence-electron chi connectivity index (χ0n) is 9.24. The first-order chi connectivity index (χ1) is 7.66. The van der Waals surface area contributed by atoms with E-state index in [1.165, 1.54) is 0 Å². The van der Waals surface area contributed by atoms with Gasteiger partial charge in [-0.05, 0) is 25.5 Å². The van der Waals surface area contributed by atoms with Crippen LogP contribution in [0.4, 0.5) is 11.5 Å². The maximum Gasteiger partial charge on any atom is 0.150 e. The summed E-state index contributed by atoms with van der Waals surface area (Å²) in [5.41, 5.74) is 6.42. The lowest BCUT2D eigenvalue weighted by atomic mass is 10.0. The molecule has 0 bridgehead atoms. The second-order valence-corrected chi connectivity index (χ2v) is 4.46. The summed E-state index contributed by atoms with van der Waals surface area (Å²) < 4.78 is 5.49. The van der Waals surface area contributed by atoms with Crippen molar-refractivity contribution in [3.8, 4) is 0 Å². The second kappa shape index (κ2) is 4.89. The van der Waals surface area contributed by atoms with E-state index in [4.69, 9.17) is 22.1 Å². The first kappa shape index (κ1) is 11.5. The Balaban J connectivity index is 1.96. The van der Waals surface area contributed by atoms with E-state index in [0.717, 1.165) is 19.6 Å². The van der Waals surface area contributed by atoms with Crippen LogP contribution in [-0.4, -0.2) is 24.2 Å². The molecule has 88 valence electrons. The molecule has 0 spiro atoms. The van der Waals surface area contributed by atoms with Crippen LogP contribution in [0.2, 0.25) is 5.15 Å². The van der Waals surface area contributed by atoms with Gasteiger partial charge in [-0.25, -0.2) is 4.98 Å². The number of nitrogens with one attached hydrogen (secondary N) is 1. The monoisotopic (exact) mass is 241 g/mol. The summed E-state index contributed by atoms with van der Waals surface area (Å²) in [5.74, 6) is 1.17. The smallest absolute Gasteiger partial charge is 0.150 e. The van der Waals surface area contributed by atoms with Gasteiger partial charge in [0.25, 0.3) is 0 Å². The number of rotatable bonds is 3. The third kappa shape index (κ3) is 2.57. The average molecular weight is 242 g/mol. The van der Waals surface area contributed by atoms with Crippen molar-refractivity contribution in [2.24, 2.45) is 5.92 Å². The molecule has 0 aliphatic carbocycles. The fraction of sp³-hybridized carbons (Fsp3) is 0.545. The predicted molar refractivity (Wildman–Crippen MR) is 65.7 cm³/mol. The summed E-state index contributed by atoms with van der Waals surface area (Å²) in [6, 6.07) is 3.44. The van der Waals surface area contributed by atoms with Gasteiger partial charge < -0.3 is 15.8 Å². The van der Waals surface area contributed by atoms with Crippen LogP contribution in [0, 0.1) is 5.92 Å². The van der Waals surface area contributed by atoms with Gasteiger partial charge >= 0.3 is 0 Å². The van der Waals surface area contributed by atoms with Gasteiger partial charge in [0.2, 0.25) is 0 Å². The number of anilines is 2. The number of nitrogen functional groups attached to an aromatic ring is 1. The van der Waals surface area contributed by atoms with Crippen LogP contribution >= 0.6 is 11.6 Å². The Morgan fingerprint density at radius 2 is 2.44 bits per heavy atom. The predicted octanol–water partition coefficient (Wildman–Crippen LogP) is 2.15. The molecule has 4 nitrogen and oxygen atoms in total. The largest absolute Gasteiger partial charge is 0.396 e. The zero-order valence-corrected chi connectivity index (χ0v) is 10.00. The number of halogens is 1. The molecule has 1 aromatic rings. The Morgan fingerprint density at radius 1 is 1.62 bits per heavy atom. The SMILES string of the molecule is CC1OCCC1CNc1nc(Cl)ccc1N. The van der Waals surface area contributed by atoms with E-state index in [-0.39, 0.29) is 0 Å². The maximum atomic E-state index is 5.81. The fourth-order valence-electron chi connectivity index (χ4n) is 1.86. The standard InChI is InChI=1S/C11H16ClN3O/c1-7-8(4-5-16-7)6-14-11-9(13)2-3-10(12)15-11/h2-3,7-8H,4-6,13H2,1H3,(H,14,15). The van der Waals surface area contributed by atoms with E-state index in [2.05, 4.69) is 17.2 Å². The molecule has 2 unspecified atom stereocenters. The molecule has 0 amide bonds. The number of nitrogens with two attached hydrogens (primary N) is 1. The molecule has 0 saturated carbocycles. The summed E-state index contributed by atoms with van der Waals surface area (Å²) in [5, 5.41) is 3.68. The lowest BCUT2D eigenvalue weighted by molar-refractivity contribution is 0.108. The van der Waals surface area contributed by atoms with Crippen molar-refractivity contribution in [2.75, 3.05) is 24.2 Å². The topological polar surface area (TPSA) is 60.2 Å². The van der Waals surface area contributed by atoms with Gasteiger partial charge in [0.15, 0.2) is 5.82 Å². The zero-order chi connectivity index (χ0) is 11.5. The van der Waals surface area contributed by atoms with Crippen LogP contribution in [-0.2, 0) is 4.74 Å². The number of hydrogen-bond acceptors (Lipinski definition) is 4. The second-order valence-electron chi connectivity index (χ2n) is 4.08. The maximum absolute atomic E-state index is 5.81. The minimum Gasteiger partial charge on any atom is -0.396 e. The molecule has 0 radical (unpaired) electrons. The molecular formula is C11H16ClN3O. The molecule has 16 heavy (non-hydrogen) atoms. The fourth-order valence-corrected chi connectivity index (χ4v) is 2.01. The molecule has 5 heteroatoms. The lowest BCUT2D eigenvalue weighted by Gasteiger charge is -2.16. The van der Waals surface area contributed by atoms with Gasteiger partial charge in [0.1, 0.15) is 5.15 Å². The van der Waals surface area contributed by atoms with Gasteiger partial charge in [-0.1, -0.05) is 11.6 Å². The molecule has 2 atom stereocenters. The van der Waals surface area contributed by atoms with Gasteiger partial charge in [-0.3, -0.25) is 0 Å². The Hall–Kier alpha value is -1.00. The summed E-state index contributed by atoms with van der Waals surface area (Å²) in [4.78, 5) is 4.15. The minimum atomic E-state index is 0.299. The quantitative estimate of drug-likeness (QED) is 0.797. The van der Waals surface area contributed by atoms with Crippen molar-refractivity contribution in [3.63, 3.8) is 0 Å². The van der Waals surface area contributed by atoms with Crippen LogP contribution in [0.5, 0.6) is 0 Å². The first-order valence-electron chi connectivity index (χ1n) is 5.44. The molecule has 1 fully saturated rings. The Labute approximate surface area is 100 Å². The summed E-state index contributed by atoms with van der Waals surface area (Å²) >= 11 is 5.81. The third-order valence-corrected chi connectivity index (χ3v) is 3.17. The molecule has 1 aliphatic heterocycles. The highest BCUT2D eigenvalue weighted by Crippen LogP contribution is 2.23. The summed E-state index contributed by atoms with van der Waals surface area (Å²) in [6.07, 6.45) is 1.38. The highest BCUT2D eigenvalue weighted by Gasteiger charge is 2.23. The van der Waals surface area contributed by atoms with Crippen molar-refractivity contribution in [3.05, 3.63) is 17.3 Å². The van der Waals surface area contributed by atoms with E-state index in [0.29, 0.717) is 28.7 Å². The van der Waals surface area contributed by atoms with Crippen molar-refractivity contribution >= 4 is 23.1 Å². The molecule has 1 aliphatic rings. The van der Waals surface area contributed by atoms with Crippen LogP contribution < -0.4 is 11.1 Å². The number of nitrogens with zero attached hydrogens (tertiary/aromatic N) is 1. The normalized spacial score (nSPS) is 24.6. The van der Waals surface area contributed by atoms with Gasteiger partial charge in [-0.2, -0.15) is 0 Å². The Kier molecular flexibility index (Phi) is 3.51. The van der Waals surface area contributed by atoms with E-state index < -0.39 is 0 Å². The molecule has 1 aromatic heterocycles. The van der Waals surface area contributed by atoms with E-state index >= 15 is 0 Å². The Bertz CT molecular complexity index is 372. The van der Waals surface area contributed by atoms with Gasteiger partial charge in [-0.15, -0.1) is 0 Å². The highest BCUT2D eigenvalue weighted by molar-refractivity contribution is 6.29. The third-order valence-electron chi connectivity index (χ3n) is 2.96. The number of pyridine rings is 1. The van der Waals surface area contributed by atoms with Crippen molar-refractivity contribution in [2.45, 2.75) is 19.4 Å². The molecule has 1 saturated heterocycles. The molecule has 0 aromatic carbocycles. The Morgan fingerprint density at radius 3 is 3.12 bits per heavy atom. The van der Waals surface area contributed by atoms with E-state index in [1.807, 2.05) is 0 Å². The minimum absolute atomic E-state index is 0.299. The summed E-state index contributed by atoms with van der Waals surface area (Å²) in [6.45, 7) is 3.75. The van der Waals surface area contributed by atoms with E-state index in [9.17, 15) is 0 Å². The number of aromatic nitrogens is 1. The van der Waals surface area contributed by atoms with Gasteiger partial charge in [0.05, 0.1) is 11.8 Å². The van der Waals surface area contributed by atoms with Crippen LogP contribution in [0.15, 0.2) is 12.1 Å². The van der Waals surface area contributed by atoms with Crippen molar-refractivity contribution < 1.29 is 4.74 Å². The van der Waals surface area contributed by atoms with Crippen molar-refractivity contribution in [1.29, 1.82) is 0 Å². The van der Waals surface area contributed by atoms with Crippen LogP contribution in [0.3, 0.4) is 0 Å². The van der Waals surface area contributed by atoms with Gasteiger partial charge in [0, 0.05) is 19.1 Å². The molecule has 3 N–H and O–H groups in total. The lowest BCUT2D eigenvalue weighted by Crippen LogP contribution is -2.21. The van der Waals surface area contributed by atoms with Crippen LogP contribution in [0.1, 0.15) is 13.3 Å². The number of hydrogen-bond donors (Lipinski definition) is 2. The molecule has 2 heterocycles. The number of ether oxygens (including phenoxy) is 1. The molecule has 2 rings (SSSR count). The first-order valence-corrected chi connectivity index (χ1v) is 5.82. The average Bonchev–Trinajstić information content (AvgIpc) is 2.66. The molecular weight excluding hydrogens is 226 g/mol. The highest BCUT2D eigenvalue weighted by atomic mass is 35.5. The summed E-state index contributed by atoms with van der Waals surface area (Å²) in [7, 11) is 0. The van der Waals surface area contributed by atoms with Crippen LogP contribution in [0.25, 0.3) is 0 Å².